The zero-order valence-electron chi connectivity index (χ0n) is 22.9. The first-order valence-corrected chi connectivity index (χ1v) is 14.5. The molecule has 2 aromatic heterocycles. The molecule has 2 N–H and O–H groups in total. The Bertz CT molecular complexity index is 1520. The van der Waals surface area contributed by atoms with Gasteiger partial charge in [0.2, 0.25) is 5.95 Å². The first kappa shape index (κ1) is 28.9. The van der Waals surface area contributed by atoms with E-state index in [9.17, 15) is 28.7 Å². The molecule has 2 fully saturated rings. The maximum atomic E-state index is 13.3. The predicted octanol–water partition coefficient (Wildman–Crippen LogP) is 4.56. The van der Waals surface area contributed by atoms with Crippen molar-refractivity contribution in [2.45, 2.75) is 58.3 Å². The third-order valence-electron chi connectivity index (χ3n) is 7.33. The van der Waals surface area contributed by atoms with Gasteiger partial charge in [-0.05, 0) is 48.6 Å². The Hall–Kier alpha value is -3.66. The van der Waals surface area contributed by atoms with Gasteiger partial charge in [0.1, 0.15) is 11.6 Å². The van der Waals surface area contributed by atoms with Gasteiger partial charge in [-0.1, -0.05) is 26.0 Å². The number of anilines is 1. The minimum absolute atomic E-state index is 0.0469. The number of imidazole rings is 1. The molecule has 5 rings (SSSR count). The van der Waals surface area contributed by atoms with Crippen LogP contribution in [0.25, 0.3) is 11.0 Å². The van der Waals surface area contributed by atoms with E-state index >= 15 is 0 Å². The van der Waals surface area contributed by atoms with E-state index in [1.165, 1.54) is 12.1 Å². The molecule has 12 heteroatoms. The number of aliphatic hydroxyl groups is 1. The Labute approximate surface area is 240 Å². The SMILES string of the molecule is CC(C)/C=C(\C#N)C(=O)N1CCC[C@@H]1Cn1c(NC(=O)c2ccc(C(F)F)s2)nc2cc(CN3CC(O)C3)ccc21. The number of amides is 2. The number of aromatic nitrogens is 2. The first-order valence-electron chi connectivity index (χ1n) is 13.6. The van der Waals surface area contributed by atoms with Gasteiger partial charge >= 0.3 is 0 Å². The van der Waals surface area contributed by atoms with Crippen LogP contribution in [0.2, 0.25) is 0 Å². The average molecular weight is 583 g/mol. The fourth-order valence-corrected chi connectivity index (χ4v) is 6.15. The molecule has 9 nitrogen and oxygen atoms in total. The summed E-state index contributed by atoms with van der Waals surface area (Å²) >= 11 is 0.732. The minimum Gasteiger partial charge on any atom is -0.390 e. The number of carbonyl (C=O) groups is 2. The molecule has 0 unspecified atom stereocenters. The topological polar surface area (TPSA) is 114 Å². The van der Waals surface area contributed by atoms with E-state index in [0.29, 0.717) is 38.2 Å². The number of likely N-dealkylation sites (tertiary alicyclic amines) is 2. The number of nitrogens with zero attached hydrogens (tertiary/aromatic N) is 5. The summed E-state index contributed by atoms with van der Waals surface area (Å²) in [6.07, 6.45) is 0.200. The molecule has 2 aliphatic rings. The lowest BCUT2D eigenvalue weighted by Gasteiger charge is -2.35. The fraction of sp³-hybridized carbons (Fsp3) is 0.448. The third kappa shape index (κ3) is 6.32. The smallest absolute Gasteiger partial charge is 0.272 e. The molecular weight excluding hydrogens is 550 g/mol. The second kappa shape index (κ2) is 12.1. The van der Waals surface area contributed by atoms with Crippen LogP contribution in [0.4, 0.5) is 14.7 Å². The molecule has 0 spiro atoms. The number of allylic oxidation sites excluding steroid dienone is 1. The molecule has 0 bridgehead atoms. The first-order chi connectivity index (χ1) is 19.6. The van der Waals surface area contributed by atoms with Crippen LogP contribution in [0.1, 0.15) is 53.2 Å². The summed E-state index contributed by atoms with van der Waals surface area (Å²) in [5, 5.41) is 22.0. The van der Waals surface area contributed by atoms with Gasteiger partial charge in [-0.3, -0.25) is 19.8 Å². The fourth-order valence-electron chi connectivity index (χ4n) is 5.39. The maximum Gasteiger partial charge on any atom is 0.272 e. The highest BCUT2D eigenvalue weighted by Gasteiger charge is 2.32. The zero-order valence-corrected chi connectivity index (χ0v) is 23.7. The summed E-state index contributed by atoms with van der Waals surface area (Å²) in [7, 11) is 0. The van der Waals surface area contributed by atoms with Crippen molar-refractivity contribution >= 4 is 40.1 Å². The van der Waals surface area contributed by atoms with Crippen LogP contribution >= 0.6 is 11.3 Å². The third-order valence-corrected chi connectivity index (χ3v) is 8.42. The zero-order chi connectivity index (χ0) is 29.3. The number of benzene rings is 1. The number of aliphatic hydroxyl groups excluding tert-OH is 1. The lowest BCUT2D eigenvalue weighted by atomic mass is 10.1. The normalized spacial score (nSPS) is 18.3. The lowest BCUT2D eigenvalue weighted by molar-refractivity contribution is -0.127. The van der Waals surface area contributed by atoms with Crippen LogP contribution < -0.4 is 5.32 Å². The Morgan fingerprint density at radius 2 is 2.05 bits per heavy atom. The van der Waals surface area contributed by atoms with E-state index in [4.69, 9.17) is 4.98 Å². The molecule has 216 valence electrons. The van der Waals surface area contributed by atoms with Gasteiger partial charge < -0.3 is 14.6 Å². The Morgan fingerprint density at radius 3 is 2.71 bits per heavy atom. The highest BCUT2D eigenvalue weighted by molar-refractivity contribution is 7.14. The number of rotatable bonds is 9. The van der Waals surface area contributed by atoms with Crippen molar-refractivity contribution in [3.8, 4) is 6.07 Å². The minimum atomic E-state index is -2.66. The highest BCUT2D eigenvalue weighted by Crippen LogP contribution is 2.30. The van der Waals surface area contributed by atoms with Crippen LogP contribution in [0.5, 0.6) is 0 Å². The predicted molar refractivity (Wildman–Crippen MR) is 152 cm³/mol. The van der Waals surface area contributed by atoms with Gasteiger partial charge in [0.05, 0.1) is 32.9 Å². The Balaban J connectivity index is 1.45. The molecule has 0 radical (unpaired) electrons. The van der Waals surface area contributed by atoms with Gasteiger partial charge in [-0.2, -0.15) is 5.26 Å². The van der Waals surface area contributed by atoms with E-state index in [-0.39, 0.29) is 45.2 Å². The number of halogens is 2. The largest absolute Gasteiger partial charge is 0.390 e. The number of thiophene rings is 1. The number of nitriles is 1. The van der Waals surface area contributed by atoms with Crippen molar-refractivity contribution in [2.24, 2.45) is 5.92 Å². The van der Waals surface area contributed by atoms with Gasteiger partial charge in [-0.25, -0.2) is 13.8 Å². The van der Waals surface area contributed by atoms with Gasteiger partial charge in [-0.15, -0.1) is 11.3 Å². The van der Waals surface area contributed by atoms with Gasteiger partial charge in [0.15, 0.2) is 0 Å². The molecular formula is C29H32F2N6O3S. The lowest BCUT2D eigenvalue weighted by Crippen LogP contribution is -2.49. The Morgan fingerprint density at radius 1 is 1.27 bits per heavy atom. The van der Waals surface area contributed by atoms with Crippen molar-refractivity contribution in [3.05, 3.63) is 57.3 Å². The summed E-state index contributed by atoms with van der Waals surface area (Å²) in [5.41, 5.74) is 2.52. The van der Waals surface area contributed by atoms with Crippen LogP contribution in [-0.4, -0.2) is 68.1 Å². The Kier molecular flexibility index (Phi) is 8.49. The molecule has 2 saturated heterocycles. The molecule has 0 aliphatic carbocycles. The molecule has 2 amide bonds. The number of carbonyl (C=O) groups excluding carboxylic acids is 2. The average Bonchev–Trinajstić information content (AvgIpc) is 3.65. The molecule has 3 aromatic rings. The summed E-state index contributed by atoms with van der Waals surface area (Å²) in [6.45, 7) is 6.55. The number of nitrogens with one attached hydrogen (secondary N) is 1. The van der Waals surface area contributed by atoms with Crippen molar-refractivity contribution < 1.29 is 23.5 Å². The highest BCUT2D eigenvalue weighted by atomic mass is 32.1. The maximum absolute atomic E-state index is 13.3. The van der Waals surface area contributed by atoms with E-state index in [1.54, 1.807) is 11.0 Å². The molecule has 4 heterocycles. The number of fused-ring (bicyclic) bond motifs is 1. The van der Waals surface area contributed by atoms with Crippen LogP contribution in [0.15, 0.2) is 42.0 Å². The number of alkyl halides is 2. The van der Waals surface area contributed by atoms with E-state index in [2.05, 4.69) is 10.2 Å². The summed E-state index contributed by atoms with van der Waals surface area (Å²) in [6, 6.07) is 10.3. The summed E-state index contributed by atoms with van der Waals surface area (Å²) < 4.78 is 28.1. The molecule has 1 aromatic carbocycles. The van der Waals surface area contributed by atoms with Crippen molar-refractivity contribution in [1.29, 1.82) is 5.26 Å². The van der Waals surface area contributed by atoms with Crippen LogP contribution in [0, 0.1) is 17.2 Å². The number of hydrogen-bond acceptors (Lipinski definition) is 7. The quantitative estimate of drug-likeness (QED) is 0.282. The van der Waals surface area contributed by atoms with Crippen molar-refractivity contribution in [1.82, 2.24) is 19.4 Å². The molecule has 1 atom stereocenters. The number of β-amino-alcohol motifs (C(OH)–C–C–N with tert-alkyl or cyclic N) is 1. The van der Waals surface area contributed by atoms with Crippen molar-refractivity contribution in [2.75, 3.05) is 25.0 Å². The summed E-state index contributed by atoms with van der Waals surface area (Å²) in [4.78, 5) is 34.8. The van der Waals surface area contributed by atoms with Crippen LogP contribution in [0.3, 0.4) is 0 Å². The van der Waals surface area contributed by atoms with Crippen molar-refractivity contribution in [3.63, 3.8) is 0 Å². The van der Waals surface area contributed by atoms with Gasteiger partial charge in [0.25, 0.3) is 18.2 Å². The number of hydrogen-bond donors (Lipinski definition) is 2. The molecule has 41 heavy (non-hydrogen) atoms. The van der Waals surface area contributed by atoms with E-state index < -0.39 is 12.3 Å². The van der Waals surface area contributed by atoms with E-state index in [0.717, 1.165) is 35.3 Å². The molecule has 0 saturated carbocycles. The monoisotopic (exact) mass is 582 g/mol. The van der Waals surface area contributed by atoms with Crippen LogP contribution in [-0.2, 0) is 17.9 Å². The second-order valence-electron chi connectivity index (χ2n) is 10.9. The summed E-state index contributed by atoms with van der Waals surface area (Å²) in [5.74, 6) is -0.549. The second-order valence-corrected chi connectivity index (χ2v) is 12.0. The van der Waals surface area contributed by atoms with E-state index in [1.807, 2.05) is 42.7 Å². The van der Waals surface area contributed by atoms with Gasteiger partial charge in [0, 0.05) is 32.7 Å². The standard InChI is InChI=1S/C29H32F2N6O3S/c1-17(2)10-19(12-32)28(40)36-9-3-4-20(36)14-37-23-6-5-18(13-35-15-21(38)16-35)11-22(23)33-29(37)34-27(39)25-8-7-24(41-25)26(30)31/h5-8,10-11,17,20-21,26,38H,3-4,9,13-16H2,1-2H3,(H,33,34,39)/b19-10+/t20-/m1/s1. The molecule has 2 aliphatic heterocycles.